The van der Waals surface area contributed by atoms with Gasteiger partial charge in [0.1, 0.15) is 23.9 Å². The minimum Gasteiger partial charge on any atom is -0.506 e. The van der Waals surface area contributed by atoms with Gasteiger partial charge in [0.05, 0.1) is 5.69 Å². The van der Waals surface area contributed by atoms with Crippen molar-refractivity contribution in [2.45, 2.75) is 6.61 Å². The molecule has 3 aromatic rings. The highest BCUT2D eigenvalue weighted by Gasteiger charge is 2.13. The van der Waals surface area contributed by atoms with Crippen molar-refractivity contribution in [1.29, 1.82) is 0 Å². The Kier molecular flexibility index (Phi) is 5.05. The molecule has 1 heterocycles. The number of phenols is 1. The average Bonchev–Trinajstić information content (AvgIpc) is 3.06. The summed E-state index contributed by atoms with van der Waals surface area (Å²) in [7, 11) is 0. The molecule has 0 atom stereocenters. The second kappa shape index (κ2) is 7.39. The van der Waals surface area contributed by atoms with Crippen LogP contribution in [-0.4, -0.2) is 11.0 Å². The van der Waals surface area contributed by atoms with Crippen LogP contribution in [0.5, 0.6) is 11.5 Å². The number of rotatable bonds is 5. The van der Waals surface area contributed by atoms with Gasteiger partial charge in [-0.15, -0.1) is 0 Å². The van der Waals surface area contributed by atoms with Gasteiger partial charge in [0.2, 0.25) is 0 Å². The van der Waals surface area contributed by atoms with Gasteiger partial charge in [0.15, 0.2) is 5.76 Å². The van der Waals surface area contributed by atoms with E-state index in [9.17, 15) is 9.90 Å². The summed E-state index contributed by atoms with van der Waals surface area (Å²) in [6, 6.07) is 17.4. The number of halogens is 1. The van der Waals surface area contributed by atoms with E-state index >= 15 is 0 Å². The zero-order chi connectivity index (χ0) is 16.9. The van der Waals surface area contributed by atoms with Gasteiger partial charge < -0.3 is 19.6 Å². The number of benzene rings is 2. The fourth-order valence-corrected chi connectivity index (χ4v) is 2.39. The molecular weight excluding hydrogens is 421 g/mol. The minimum atomic E-state index is -0.433. The number of para-hydroxylation sites is 2. The van der Waals surface area contributed by atoms with Crippen LogP contribution < -0.4 is 10.1 Å². The van der Waals surface area contributed by atoms with Gasteiger partial charge in [-0.2, -0.15) is 0 Å². The van der Waals surface area contributed by atoms with Gasteiger partial charge >= 0.3 is 0 Å². The number of phenolic OH excluding ortho intramolecular Hbond substituents is 1. The van der Waals surface area contributed by atoms with E-state index in [1.54, 1.807) is 30.3 Å². The zero-order valence-corrected chi connectivity index (χ0v) is 14.7. The van der Waals surface area contributed by atoms with Crippen molar-refractivity contribution < 1.29 is 19.1 Å². The van der Waals surface area contributed by atoms with Gasteiger partial charge in [-0.1, -0.05) is 12.1 Å². The van der Waals surface area contributed by atoms with Crippen LogP contribution >= 0.6 is 22.6 Å². The average molecular weight is 435 g/mol. The third-order valence-electron chi connectivity index (χ3n) is 3.23. The summed E-state index contributed by atoms with van der Waals surface area (Å²) in [6.45, 7) is 0.227. The maximum Gasteiger partial charge on any atom is 0.291 e. The first kappa shape index (κ1) is 16.4. The van der Waals surface area contributed by atoms with Crippen molar-refractivity contribution in [2.24, 2.45) is 0 Å². The molecule has 0 radical (unpaired) electrons. The number of carbonyl (C=O) groups is 1. The summed E-state index contributed by atoms with van der Waals surface area (Å²) >= 11 is 2.22. The molecule has 0 aliphatic heterocycles. The molecule has 0 saturated carbocycles. The third kappa shape index (κ3) is 4.08. The second-order valence-corrected chi connectivity index (χ2v) is 6.23. The Labute approximate surface area is 152 Å². The van der Waals surface area contributed by atoms with Crippen molar-refractivity contribution in [2.75, 3.05) is 5.32 Å². The maximum absolute atomic E-state index is 12.1. The Morgan fingerprint density at radius 1 is 1.08 bits per heavy atom. The molecule has 122 valence electrons. The van der Waals surface area contributed by atoms with Gasteiger partial charge in [-0.3, -0.25) is 4.79 Å². The van der Waals surface area contributed by atoms with Crippen LogP contribution in [0.15, 0.2) is 65.1 Å². The van der Waals surface area contributed by atoms with Crippen molar-refractivity contribution in [3.8, 4) is 11.5 Å². The van der Waals surface area contributed by atoms with Crippen molar-refractivity contribution in [1.82, 2.24) is 0 Å². The Morgan fingerprint density at radius 2 is 1.83 bits per heavy atom. The first-order valence-electron chi connectivity index (χ1n) is 7.18. The van der Waals surface area contributed by atoms with E-state index in [-0.39, 0.29) is 18.1 Å². The summed E-state index contributed by atoms with van der Waals surface area (Å²) in [5.41, 5.74) is 0.329. The molecule has 2 aromatic carbocycles. The highest BCUT2D eigenvalue weighted by atomic mass is 127. The fourth-order valence-electron chi connectivity index (χ4n) is 2.03. The van der Waals surface area contributed by atoms with Gasteiger partial charge in [-0.05, 0) is 71.1 Å². The predicted molar refractivity (Wildman–Crippen MR) is 98.3 cm³/mol. The number of hydrogen-bond donors (Lipinski definition) is 2. The standard InChI is InChI=1S/C18H14INO4/c19-12-5-7-13(8-6-12)23-11-14-9-10-17(24-14)18(22)20-15-3-1-2-4-16(15)21/h1-10,21H,11H2,(H,20,22). The number of anilines is 1. The molecule has 1 aromatic heterocycles. The van der Waals surface area contributed by atoms with Crippen molar-refractivity contribution in [3.63, 3.8) is 0 Å². The van der Waals surface area contributed by atoms with Crippen molar-refractivity contribution in [3.05, 3.63) is 75.8 Å². The first-order chi connectivity index (χ1) is 11.6. The number of ether oxygens (including phenoxy) is 1. The first-order valence-corrected chi connectivity index (χ1v) is 8.26. The molecule has 0 saturated heterocycles. The van der Waals surface area contributed by atoms with Gasteiger partial charge in [-0.25, -0.2) is 0 Å². The van der Waals surface area contributed by atoms with E-state index in [0.29, 0.717) is 11.4 Å². The number of hydrogen-bond acceptors (Lipinski definition) is 4. The maximum atomic E-state index is 12.1. The predicted octanol–water partition coefficient (Wildman–Crippen LogP) is 4.42. The molecule has 0 bridgehead atoms. The number of nitrogens with one attached hydrogen (secondary N) is 1. The van der Waals surface area contributed by atoms with Crippen LogP contribution in [0.4, 0.5) is 5.69 Å². The topological polar surface area (TPSA) is 71.7 Å². The summed E-state index contributed by atoms with van der Waals surface area (Å²) < 4.78 is 12.2. The Hall–Kier alpha value is -2.48. The molecule has 0 unspecified atom stereocenters. The van der Waals surface area contributed by atoms with Crippen molar-refractivity contribution >= 4 is 34.2 Å². The fraction of sp³-hybridized carbons (Fsp3) is 0.0556. The molecular formula is C18H14INO4. The molecule has 0 aliphatic carbocycles. The Balaban J connectivity index is 1.61. The summed E-state index contributed by atoms with van der Waals surface area (Å²) in [4.78, 5) is 12.1. The summed E-state index contributed by atoms with van der Waals surface area (Å²) in [6.07, 6.45) is 0. The number of aromatic hydroxyl groups is 1. The normalized spacial score (nSPS) is 10.4. The van der Waals surface area contributed by atoms with Gasteiger partial charge in [0.25, 0.3) is 5.91 Å². The van der Waals surface area contributed by atoms with E-state index in [1.165, 1.54) is 6.07 Å². The summed E-state index contributed by atoms with van der Waals surface area (Å²) in [5.74, 6) is 0.985. The molecule has 6 heteroatoms. The number of amides is 1. The molecule has 1 amide bonds. The molecule has 0 fully saturated rings. The van der Waals surface area contributed by atoms with Crippen LogP contribution in [-0.2, 0) is 6.61 Å². The van der Waals surface area contributed by atoms with Crippen LogP contribution in [0.2, 0.25) is 0 Å². The van der Waals surface area contributed by atoms with E-state index < -0.39 is 5.91 Å². The number of furan rings is 1. The number of carbonyl (C=O) groups excluding carboxylic acids is 1. The van der Waals surface area contributed by atoms with Crippen LogP contribution in [0.3, 0.4) is 0 Å². The molecule has 0 aliphatic rings. The van der Waals surface area contributed by atoms with Crippen LogP contribution in [0.1, 0.15) is 16.3 Å². The van der Waals surface area contributed by atoms with Gasteiger partial charge in [0, 0.05) is 3.57 Å². The molecule has 3 rings (SSSR count). The molecule has 2 N–H and O–H groups in total. The SMILES string of the molecule is O=C(Nc1ccccc1O)c1ccc(COc2ccc(I)cc2)o1. The Bertz CT molecular complexity index is 842. The zero-order valence-electron chi connectivity index (χ0n) is 12.5. The van der Waals surface area contributed by atoms with E-state index in [0.717, 1.165) is 9.32 Å². The van der Waals surface area contributed by atoms with Crippen LogP contribution in [0, 0.1) is 3.57 Å². The van der Waals surface area contributed by atoms with E-state index in [1.807, 2.05) is 24.3 Å². The molecule has 0 spiro atoms. The lowest BCUT2D eigenvalue weighted by Crippen LogP contribution is -2.10. The lowest BCUT2D eigenvalue weighted by Gasteiger charge is -2.05. The van der Waals surface area contributed by atoms with E-state index in [4.69, 9.17) is 9.15 Å². The smallest absolute Gasteiger partial charge is 0.291 e. The second-order valence-electron chi connectivity index (χ2n) is 4.98. The highest BCUT2D eigenvalue weighted by molar-refractivity contribution is 14.1. The third-order valence-corrected chi connectivity index (χ3v) is 3.95. The Morgan fingerprint density at radius 3 is 2.58 bits per heavy atom. The molecule has 5 nitrogen and oxygen atoms in total. The van der Waals surface area contributed by atoms with E-state index in [2.05, 4.69) is 27.9 Å². The summed E-state index contributed by atoms with van der Waals surface area (Å²) in [5, 5.41) is 12.3. The lowest BCUT2D eigenvalue weighted by molar-refractivity contribution is 0.0992. The largest absolute Gasteiger partial charge is 0.506 e. The lowest BCUT2D eigenvalue weighted by atomic mass is 10.3. The quantitative estimate of drug-likeness (QED) is 0.460. The monoisotopic (exact) mass is 435 g/mol. The molecule has 24 heavy (non-hydrogen) atoms. The minimum absolute atomic E-state index is 0.000303. The van der Waals surface area contributed by atoms with Crippen LogP contribution in [0.25, 0.3) is 0 Å². The highest BCUT2D eigenvalue weighted by Crippen LogP contribution is 2.23.